The second-order valence-corrected chi connectivity index (χ2v) is 4.19. The molecule has 4 heteroatoms. The maximum absolute atomic E-state index is 6.03. The van der Waals surface area contributed by atoms with Crippen LogP contribution in [0.5, 0.6) is 0 Å². The monoisotopic (exact) mass is 229 g/mol. The molecule has 3 nitrogen and oxygen atoms in total. The molecule has 0 radical (unpaired) electrons. The normalized spacial score (nSPS) is 15.1. The maximum Gasteiger partial charge on any atom is 0.0984 e. The van der Waals surface area contributed by atoms with Crippen LogP contribution in [0.25, 0.3) is 0 Å². The summed E-state index contributed by atoms with van der Waals surface area (Å²) in [7, 11) is 1.67. The fourth-order valence-electron chi connectivity index (χ4n) is 1.38. The first kappa shape index (κ1) is 12.6. The second-order valence-electron chi connectivity index (χ2n) is 3.41. The molecular weight excluding hydrogens is 210 g/mol. The van der Waals surface area contributed by atoms with Crippen LogP contribution >= 0.6 is 11.3 Å². The standard InChI is InChI=1S/C11H19NO2S/c1-3-10(12)11(14-6-5-13-2)9-4-7-15-8-9/h4,7-8,10-11H,3,5-6,12H2,1-2H3. The van der Waals surface area contributed by atoms with Crippen molar-refractivity contribution in [2.24, 2.45) is 5.73 Å². The van der Waals surface area contributed by atoms with E-state index in [-0.39, 0.29) is 12.1 Å². The topological polar surface area (TPSA) is 44.5 Å². The van der Waals surface area contributed by atoms with Gasteiger partial charge in [0.15, 0.2) is 0 Å². The summed E-state index contributed by atoms with van der Waals surface area (Å²) in [4.78, 5) is 0. The molecule has 15 heavy (non-hydrogen) atoms. The van der Waals surface area contributed by atoms with Crippen molar-refractivity contribution in [2.45, 2.75) is 25.5 Å². The zero-order valence-corrected chi connectivity index (χ0v) is 10.1. The Morgan fingerprint density at radius 3 is 2.80 bits per heavy atom. The van der Waals surface area contributed by atoms with Crippen LogP contribution in [0.15, 0.2) is 16.8 Å². The average Bonchev–Trinajstić information content (AvgIpc) is 2.77. The Morgan fingerprint density at radius 1 is 1.47 bits per heavy atom. The van der Waals surface area contributed by atoms with Gasteiger partial charge in [0.05, 0.1) is 19.3 Å². The molecule has 1 aromatic rings. The van der Waals surface area contributed by atoms with Gasteiger partial charge in [-0.25, -0.2) is 0 Å². The zero-order valence-electron chi connectivity index (χ0n) is 9.31. The first-order chi connectivity index (χ1) is 7.29. The molecular formula is C11H19NO2S. The van der Waals surface area contributed by atoms with Crippen LogP contribution in [-0.2, 0) is 9.47 Å². The highest BCUT2D eigenvalue weighted by Crippen LogP contribution is 2.24. The third-order valence-electron chi connectivity index (χ3n) is 2.32. The third kappa shape index (κ3) is 3.91. The van der Waals surface area contributed by atoms with Crippen molar-refractivity contribution < 1.29 is 9.47 Å². The molecule has 0 aliphatic carbocycles. The highest BCUT2D eigenvalue weighted by atomic mass is 32.1. The Hall–Kier alpha value is -0.420. The molecule has 0 fully saturated rings. The van der Waals surface area contributed by atoms with Crippen molar-refractivity contribution in [1.82, 2.24) is 0 Å². The van der Waals surface area contributed by atoms with Crippen LogP contribution in [0.3, 0.4) is 0 Å². The summed E-state index contributed by atoms with van der Waals surface area (Å²) in [6, 6.07) is 2.12. The lowest BCUT2D eigenvalue weighted by atomic mass is 10.0. The molecule has 0 bridgehead atoms. The summed E-state index contributed by atoms with van der Waals surface area (Å²) in [5.41, 5.74) is 7.20. The van der Waals surface area contributed by atoms with E-state index in [1.54, 1.807) is 18.4 Å². The lowest BCUT2D eigenvalue weighted by Crippen LogP contribution is -2.30. The predicted molar refractivity (Wildman–Crippen MR) is 63.2 cm³/mol. The molecule has 0 saturated heterocycles. The molecule has 0 aromatic carbocycles. The Labute approximate surface area is 95.2 Å². The van der Waals surface area contributed by atoms with Gasteiger partial charge in [0.1, 0.15) is 0 Å². The largest absolute Gasteiger partial charge is 0.382 e. The number of methoxy groups -OCH3 is 1. The summed E-state index contributed by atoms with van der Waals surface area (Å²) >= 11 is 1.67. The minimum absolute atomic E-state index is 0.00333. The number of rotatable bonds is 7. The smallest absolute Gasteiger partial charge is 0.0984 e. The summed E-state index contributed by atoms with van der Waals surface area (Å²) in [5, 5.41) is 4.14. The molecule has 0 spiro atoms. The minimum Gasteiger partial charge on any atom is -0.382 e. The van der Waals surface area contributed by atoms with Crippen molar-refractivity contribution in [2.75, 3.05) is 20.3 Å². The van der Waals surface area contributed by atoms with Gasteiger partial charge in [-0.1, -0.05) is 6.92 Å². The van der Waals surface area contributed by atoms with Crippen molar-refractivity contribution in [3.8, 4) is 0 Å². The molecule has 2 atom stereocenters. The van der Waals surface area contributed by atoms with Gasteiger partial charge in [-0.15, -0.1) is 0 Å². The summed E-state index contributed by atoms with van der Waals surface area (Å²) < 4.78 is 10.7. The van der Waals surface area contributed by atoms with E-state index in [4.69, 9.17) is 15.2 Å². The van der Waals surface area contributed by atoms with E-state index in [9.17, 15) is 0 Å². The van der Waals surface area contributed by atoms with Gasteiger partial charge in [-0.05, 0) is 28.8 Å². The molecule has 1 aromatic heterocycles. The molecule has 0 aliphatic rings. The number of hydrogen-bond acceptors (Lipinski definition) is 4. The van der Waals surface area contributed by atoms with Gasteiger partial charge in [-0.3, -0.25) is 0 Å². The molecule has 0 saturated carbocycles. The SMILES string of the molecule is CCC(N)C(OCCOC)c1ccsc1. The van der Waals surface area contributed by atoms with E-state index < -0.39 is 0 Å². The fraction of sp³-hybridized carbons (Fsp3) is 0.636. The Kier molecular flexibility index (Phi) is 5.86. The quantitative estimate of drug-likeness (QED) is 0.729. The lowest BCUT2D eigenvalue weighted by molar-refractivity contribution is 0.00294. The Morgan fingerprint density at radius 2 is 2.27 bits per heavy atom. The fourth-order valence-corrected chi connectivity index (χ4v) is 2.06. The van der Waals surface area contributed by atoms with Gasteiger partial charge in [0.25, 0.3) is 0 Å². The first-order valence-corrected chi connectivity index (χ1v) is 6.12. The van der Waals surface area contributed by atoms with Crippen molar-refractivity contribution in [1.29, 1.82) is 0 Å². The van der Waals surface area contributed by atoms with E-state index in [2.05, 4.69) is 18.4 Å². The van der Waals surface area contributed by atoms with E-state index in [0.29, 0.717) is 13.2 Å². The van der Waals surface area contributed by atoms with E-state index in [0.717, 1.165) is 6.42 Å². The van der Waals surface area contributed by atoms with Crippen molar-refractivity contribution in [3.63, 3.8) is 0 Å². The van der Waals surface area contributed by atoms with E-state index in [1.807, 2.05) is 5.38 Å². The zero-order chi connectivity index (χ0) is 11.1. The molecule has 86 valence electrons. The summed E-state index contributed by atoms with van der Waals surface area (Å²) in [6.45, 7) is 3.27. The van der Waals surface area contributed by atoms with Gasteiger partial charge in [0, 0.05) is 13.2 Å². The van der Waals surface area contributed by atoms with E-state index in [1.165, 1.54) is 5.56 Å². The number of thiophene rings is 1. The number of ether oxygens (including phenoxy) is 2. The molecule has 2 unspecified atom stereocenters. The van der Waals surface area contributed by atoms with Crippen LogP contribution in [0.2, 0.25) is 0 Å². The maximum atomic E-state index is 6.03. The highest BCUT2D eigenvalue weighted by Gasteiger charge is 2.19. The lowest BCUT2D eigenvalue weighted by Gasteiger charge is -2.22. The summed E-state index contributed by atoms with van der Waals surface area (Å²) in [5.74, 6) is 0. The van der Waals surface area contributed by atoms with Crippen LogP contribution in [0, 0.1) is 0 Å². The van der Waals surface area contributed by atoms with Gasteiger partial charge >= 0.3 is 0 Å². The third-order valence-corrected chi connectivity index (χ3v) is 3.02. The van der Waals surface area contributed by atoms with Crippen LogP contribution < -0.4 is 5.73 Å². The molecule has 1 heterocycles. The Balaban J connectivity index is 2.54. The average molecular weight is 229 g/mol. The Bertz CT molecular complexity index is 251. The van der Waals surface area contributed by atoms with Gasteiger partial charge in [0.2, 0.25) is 0 Å². The summed E-state index contributed by atoms with van der Waals surface area (Å²) in [6.07, 6.45) is 0.907. The molecule has 2 N–H and O–H groups in total. The predicted octanol–water partition coefficient (Wildman–Crippen LogP) is 2.19. The molecule has 1 rings (SSSR count). The van der Waals surface area contributed by atoms with E-state index >= 15 is 0 Å². The van der Waals surface area contributed by atoms with Gasteiger partial charge in [-0.2, -0.15) is 11.3 Å². The van der Waals surface area contributed by atoms with Crippen LogP contribution in [-0.4, -0.2) is 26.4 Å². The second kappa shape index (κ2) is 6.95. The molecule has 0 aliphatic heterocycles. The minimum atomic E-state index is -0.00333. The number of hydrogen-bond donors (Lipinski definition) is 1. The number of nitrogens with two attached hydrogens (primary N) is 1. The molecule has 0 amide bonds. The van der Waals surface area contributed by atoms with Crippen LogP contribution in [0.1, 0.15) is 25.0 Å². The van der Waals surface area contributed by atoms with Gasteiger partial charge < -0.3 is 15.2 Å². The van der Waals surface area contributed by atoms with Crippen molar-refractivity contribution in [3.05, 3.63) is 22.4 Å². The van der Waals surface area contributed by atoms with Crippen LogP contribution in [0.4, 0.5) is 0 Å². The van der Waals surface area contributed by atoms with Crippen molar-refractivity contribution >= 4 is 11.3 Å². The highest BCUT2D eigenvalue weighted by molar-refractivity contribution is 7.07. The first-order valence-electron chi connectivity index (χ1n) is 5.17.